The Morgan fingerprint density at radius 1 is 1.24 bits per heavy atom. The van der Waals surface area contributed by atoms with Crippen LogP contribution in [0.1, 0.15) is 57.3 Å². The van der Waals surface area contributed by atoms with Crippen LogP contribution in [0.25, 0.3) is 0 Å². The maximum atomic E-state index is 12.8. The quantitative estimate of drug-likeness (QED) is 0.930. The minimum Gasteiger partial charge on any atom is -0.380 e. The van der Waals surface area contributed by atoms with Crippen molar-refractivity contribution in [2.45, 2.75) is 57.3 Å². The maximum Gasteiger partial charge on any atom is 0.417 e. The number of halogens is 3. The van der Waals surface area contributed by atoms with E-state index in [4.69, 9.17) is 4.52 Å². The number of piperidine rings is 1. The molecule has 1 saturated heterocycles. The highest BCUT2D eigenvalue weighted by Gasteiger charge is 2.54. The second-order valence-corrected chi connectivity index (χ2v) is 5.89. The first kappa shape index (κ1) is 16.2. The van der Waals surface area contributed by atoms with E-state index in [1.54, 1.807) is 0 Å². The van der Waals surface area contributed by atoms with Crippen LogP contribution in [-0.2, 0) is 0 Å². The molecule has 1 aromatic rings. The molecule has 1 unspecified atom stereocenters. The second-order valence-electron chi connectivity index (χ2n) is 5.89. The maximum absolute atomic E-state index is 12.8. The van der Waals surface area contributed by atoms with Crippen LogP contribution in [0, 0.1) is 0 Å². The molecule has 0 aromatic carbocycles. The van der Waals surface area contributed by atoms with Gasteiger partial charge in [-0.3, -0.25) is 4.90 Å². The first-order chi connectivity index (χ1) is 9.64. The summed E-state index contributed by atoms with van der Waals surface area (Å²) in [7, 11) is 0. The predicted octanol–water partition coefficient (Wildman–Crippen LogP) is 2.64. The number of nitrogens with zero attached hydrogens (tertiary/aromatic N) is 3. The molecular formula is C13H20F3N3O2. The summed E-state index contributed by atoms with van der Waals surface area (Å²) in [4.78, 5) is 6.08. The standard InChI is InChI=1S/C13H20F3N3O2/c1-8(2)10-17-11(21-18-10)9(3)19-6-4-12(20,5-7-19)13(14,15)16/h8-9,20H,4-7H2,1-3H3. The Morgan fingerprint density at radius 3 is 2.24 bits per heavy atom. The van der Waals surface area contributed by atoms with Crippen molar-refractivity contribution in [2.75, 3.05) is 13.1 Å². The summed E-state index contributed by atoms with van der Waals surface area (Å²) in [5, 5.41) is 13.5. The molecule has 8 heteroatoms. The zero-order chi connectivity index (χ0) is 15.8. The van der Waals surface area contributed by atoms with Crippen LogP contribution in [-0.4, -0.2) is 45.0 Å². The van der Waals surface area contributed by atoms with Crippen LogP contribution >= 0.6 is 0 Å². The van der Waals surface area contributed by atoms with E-state index in [1.165, 1.54) is 0 Å². The summed E-state index contributed by atoms with van der Waals surface area (Å²) < 4.78 is 43.5. The molecule has 1 aliphatic heterocycles. The molecule has 1 fully saturated rings. The van der Waals surface area contributed by atoms with Gasteiger partial charge in [0.05, 0.1) is 6.04 Å². The lowest BCUT2D eigenvalue weighted by Gasteiger charge is -2.40. The number of hydrogen-bond donors (Lipinski definition) is 1. The molecular weight excluding hydrogens is 287 g/mol. The third kappa shape index (κ3) is 3.21. The van der Waals surface area contributed by atoms with E-state index in [0.717, 1.165) is 0 Å². The van der Waals surface area contributed by atoms with Gasteiger partial charge in [0.2, 0.25) is 5.89 Å². The van der Waals surface area contributed by atoms with Gasteiger partial charge in [0, 0.05) is 19.0 Å². The fraction of sp³-hybridized carbons (Fsp3) is 0.846. The van der Waals surface area contributed by atoms with Gasteiger partial charge >= 0.3 is 6.18 Å². The lowest BCUT2D eigenvalue weighted by atomic mass is 9.90. The summed E-state index contributed by atoms with van der Waals surface area (Å²) >= 11 is 0. The van der Waals surface area contributed by atoms with Crippen molar-refractivity contribution in [3.63, 3.8) is 0 Å². The third-order valence-corrected chi connectivity index (χ3v) is 4.03. The first-order valence-corrected chi connectivity index (χ1v) is 7.01. The summed E-state index contributed by atoms with van der Waals surface area (Å²) in [6.45, 7) is 5.95. The molecule has 21 heavy (non-hydrogen) atoms. The van der Waals surface area contributed by atoms with Crippen LogP contribution in [0.2, 0.25) is 0 Å². The highest BCUT2D eigenvalue weighted by atomic mass is 19.4. The summed E-state index contributed by atoms with van der Waals surface area (Å²) in [5.41, 5.74) is -2.58. The van der Waals surface area contributed by atoms with Gasteiger partial charge in [-0.1, -0.05) is 19.0 Å². The van der Waals surface area contributed by atoms with Gasteiger partial charge in [-0.2, -0.15) is 18.2 Å². The van der Waals surface area contributed by atoms with E-state index in [1.807, 2.05) is 25.7 Å². The fourth-order valence-corrected chi connectivity index (χ4v) is 2.37. The number of alkyl halides is 3. The van der Waals surface area contributed by atoms with E-state index in [2.05, 4.69) is 10.1 Å². The van der Waals surface area contributed by atoms with Gasteiger partial charge in [-0.25, -0.2) is 0 Å². The average molecular weight is 307 g/mol. The highest BCUT2D eigenvalue weighted by molar-refractivity contribution is 4.99. The SMILES string of the molecule is CC(C)c1noc(C(C)N2CCC(O)(C(F)(F)F)CC2)n1. The molecule has 2 heterocycles. The van der Waals surface area contributed by atoms with E-state index in [0.29, 0.717) is 11.7 Å². The molecule has 0 radical (unpaired) electrons. The number of aliphatic hydroxyl groups is 1. The molecule has 0 spiro atoms. The van der Waals surface area contributed by atoms with Crippen molar-refractivity contribution < 1.29 is 22.8 Å². The number of rotatable bonds is 3. The minimum atomic E-state index is -4.59. The summed E-state index contributed by atoms with van der Waals surface area (Å²) in [6, 6.07) is -0.261. The van der Waals surface area contributed by atoms with Crippen LogP contribution in [0.5, 0.6) is 0 Å². The normalized spacial score (nSPS) is 21.7. The molecule has 0 amide bonds. The van der Waals surface area contributed by atoms with Crippen LogP contribution in [0.3, 0.4) is 0 Å². The Balaban J connectivity index is 2.01. The van der Waals surface area contributed by atoms with Crippen molar-refractivity contribution in [3.8, 4) is 0 Å². The third-order valence-electron chi connectivity index (χ3n) is 4.03. The molecule has 120 valence electrons. The highest BCUT2D eigenvalue weighted by Crippen LogP contribution is 2.39. The van der Waals surface area contributed by atoms with Crippen LogP contribution < -0.4 is 0 Å². The van der Waals surface area contributed by atoms with E-state index >= 15 is 0 Å². The Morgan fingerprint density at radius 2 is 1.81 bits per heavy atom. The molecule has 1 aliphatic rings. The number of hydrogen-bond acceptors (Lipinski definition) is 5. The summed E-state index contributed by atoms with van der Waals surface area (Å²) in [5.74, 6) is 1.11. The zero-order valence-corrected chi connectivity index (χ0v) is 12.3. The molecule has 1 aromatic heterocycles. The first-order valence-electron chi connectivity index (χ1n) is 7.01. The van der Waals surface area contributed by atoms with Crippen molar-refractivity contribution in [2.24, 2.45) is 0 Å². The Bertz CT molecular complexity index is 479. The Kier molecular flexibility index (Phi) is 4.30. The van der Waals surface area contributed by atoms with Crippen LogP contribution in [0.4, 0.5) is 13.2 Å². The second kappa shape index (κ2) is 5.57. The van der Waals surface area contributed by atoms with Crippen molar-refractivity contribution in [3.05, 3.63) is 11.7 Å². The average Bonchev–Trinajstić information content (AvgIpc) is 2.87. The molecule has 0 bridgehead atoms. The summed E-state index contributed by atoms with van der Waals surface area (Å²) in [6.07, 6.45) is -5.27. The van der Waals surface area contributed by atoms with E-state index < -0.39 is 11.8 Å². The van der Waals surface area contributed by atoms with Gasteiger partial charge < -0.3 is 9.63 Å². The van der Waals surface area contributed by atoms with Crippen LogP contribution in [0.15, 0.2) is 4.52 Å². The molecule has 0 aliphatic carbocycles. The Hall–Kier alpha value is -1.15. The lowest BCUT2D eigenvalue weighted by Crippen LogP contribution is -2.53. The number of likely N-dealkylation sites (tertiary alicyclic amines) is 1. The van der Waals surface area contributed by atoms with Crippen molar-refractivity contribution >= 4 is 0 Å². The van der Waals surface area contributed by atoms with Gasteiger partial charge in [-0.05, 0) is 19.8 Å². The molecule has 0 saturated carbocycles. The predicted molar refractivity (Wildman–Crippen MR) is 68.6 cm³/mol. The minimum absolute atomic E-state index is 0.131. The lowest BCUT2D eigenvalue weighted by molar-refractivity contribution is -0.273. The monoisotopic (exact) mass is 307 g/mol. The van der Waals surface area contributed by atoms with Gasteiger partial charge in [0.1, 0.15) is 0 Å². The largest absolute Gasteiger partial charge is 0.417 e. The molecule has 1 atom stereocenters. The number of aromatic nitrogens is 2. The zero-order valence-electron chi connectivity index (χ0n) is 12.3. The van der Waals surface area contributed by atoms with Gasteiger partial charge in [0.15, 0.2) is 11.4 Å². The van der Waals surface area contributed by atoms with E-state index in [9.17, 15) is 18.3 Å². The molecule has 2 rings (SSSR count). The van der Waals surface area contributed by atoms with E-state index in [-0.39, 0.29) is 37.9 Å². The molecule has 5 nitrogen and oxygen atoms in total. The topological polar surface area (TPSA) is 62.4 Å². The Labute approximate surface area is 121 Å². The van der Waals surface area contributed by atoms with Gasteiger partial charge in [0.25, 0.3) is 0 Å². The molecule has 1 N–H and O–H groups in total. The fourth-order valence-electron chi connectivity index (χ4n) is 2.37. The van der Waals surface area contributed by atoms with Crippen molar-refractivity contribution in [1.29, 1.82) is 0 Å². The van der Waals surface area contributed by atoms with Gasteiger partial charge in [-0.15, -0.1) is 0 Å². The van der Waals surface area contributed by atoms with Crippen molar-refractivity contribution in [1.82, 2.24) is 15.0 Å². The smallest absolute Gasteiger partial charge is 0.380 e.